The van der Waals surface area contributed by atoms with Crippen LogP contribution >= 0.6 is 0 Å². The number of carbonyl (C=O) groups excluding carboxylic acids is 2. The summed E-state index contributed by atoms with van der Waals surface area (Å²) in [6.07, 6.45) is 3.23. The smallest absolute Gasteiger partial charge is 0.308 e. The first-order valence-electron chi connectivity index (χ1n) is 7.29. The van der Waals surface area contributed by atoms with E-state index in [1.807, 2.05) is 6.92 Å². The molecule has 0 aromatic heterocycles. The number of nitrogens with one attached hydrogen (secondary N) is 1. The van der Waals surface area contributed by atoms with Gasteiger partial charge in [0.15, 0.2) is 0 Å². The maximum Gasteiger partial charge on any atom is 0.308 e. The predicted molar refractivity (Wildman–Crippen MR) is 75.0 cm³/mol. The van der Waals surface area contributed by atoms with Crippen LogP contribution in [0.1, 0.15) is 39.0 Å². The first kappa shape index (κ1) is 16.9. The van der Waals surface area contributed by atoms with Gasteiger partial charge in [-0.3, -0.25) is 9.59 Å². The van der Waals surface area contributed by atoms with Gasteiger partial charge in [0.1, 0.15) is 0 Å². The zero-order valence-electron chi connectivity index (χ0n) is 12.4. The van der Waals surface area contributed by atoms with Crippen LogP contribution < -0.4 is 11.1 Å². The van der Waals surface area contributed by atoms with Crippen molar-refractivity contribution < 1.29 is 19.1 Å². The Bertz CT molecular complexity index is 310. The van der Waals surface area contributed by atoms with Crippen molar-refractivity contribution in [3.05, 3.63) is 0 Å². The zero-order valence-corrected chi connectivity index (χ0v) is 12.4. The standard InChI is InChI=1S/C14H26N2O4/c1-3-20-14(18)10-4-6-11(7-5-10)16-13(17)8-12(9-15)19-2/h10-12H,3-9,15H2,1-2H3,(H,16,17). The zero-order chi connectivity index (χ0) is 15.0. The topological polar surface area (TPSA) is 90.7 Å². The van der Waals surface area contributed by atoms with Gasteiger partial charge in [0.05, 0.1) is 25.0 Å². The van der Waals surface area contributed by atoms with Gasteiger partial charge in [-0.15, -0.1) is 0 Å². The van der Waals surface area contributed by atoms with E-state index in [1.54, 1.807) is 7.11 Å². The molecule has 0 aromatic carbocycles. The lowest BCUT2D eigenvalue weighted by atomic mass is 9.86. The monoisotopic (exact) mass is 286 g/mol. The Hall–Kier alpha value is -1.14. The summed E-state index contributed by atoms with van der Waals surface area (Å²) < 4.78 is 10.1. The van der Waals surface area contributed by atoms with Crippen LogP contribution in [-0.2, 0) is 19.1 Å². The highest BCUT2D eigenvalue weighted by Gasteiger charge is 2.28. The van der Waals surface area contributed by atoms with Crippen LogP contribution in [0.5, 0.6) is 0 Å². The SMILES string of the molecule is CCOC(=O)C1CCC(NC(=O)CC(CN)OC)CC1. The fourth-order valence-electron chi connectivity index (χ4n) is 2.49. The van der Waals surface area contributed by atoms with Gasteiger partial charge in [0, 0.05) is 19.7 Å². The van der Waals surface area contributed by atoms with E-state index in [-0.39, 0.29) is 36.4 Å². The minimum absolute atomic E-state index is 0.0149. The molecule has 0 spiro atoms. The molecule has 0 heterocycles. The number of rotatable bonds is 7. The van der Waals surface area contributed by atoms with Crippen molar-refractivity contribution >= 4 is 11.9 Å². The predicted octanol–water partition coefficient (Wildman–Crippen LogP) is 0.588. The molecular weight excluding hydrogens is 260 g/mol. The highest BCUT2D eigenvalue weighted by Crippen LogP contribution is 2.25. The lowest BCUT2D eigenvalue weighted by molar-refractivity contribution is -0.149. The number of esters is 1. The van der Waals surface area contributed by atoms with Crippen LogP contribution in [0.2, 0.25) is 0 Å². The Morgan fingerprint density at radius 2 is 1.95 bits per heavy atom. The molecule has 0 saturated heterocycles. The Labute approximate surface area is 120 Å². The molecule has 6 heteroatoms. The second kappa shape index (κ2) is 8.92. The molecule has 6 nitrogen and oxygen atoms in total. The van der Waals surface area contributed by atoms with Crippen LogP contribution in [0.4, 0.5) is 0 Å². The lowest BCUT2D eigenvalue weighted by Gasteiger charge is -2.28. The second-order valence-corrected chi connectivity index (χ2v) is 5.17. The summed E-state index contributed by atoms with van der Waals surface area (Å²) in [5, 5.41) is 2.98. The van der Waals surface area contributed by atoms with E-state index in [0.717, 1.165) is 25.7 Å². The third kappa shape index (κ3) is 5.46. The second-order valence-electron chi connectivity index (χ2n) is 5.17. The minimum atomic E-state index is -0.231. The third-order valence-electron chi connectivity index (χ3n) is 3.72. The molecular formula is C14H26N2O4. The van der Waals surface area contributed by atoms with E-state index in [9.17, 15) is 9.59 Å². The van der Waals surface area contributed by atoms with Crippen LogP contribution in [0, 0.1) is 5.92 Å². The summed E-state index contributed by atoms with van der Waals surface area (Å²) in [6.45, 7) is 2.57. The molecule has 0 aromatic rings. The summed E-state index contributed by atoms with van der Waals surface area (Å²) in [5.74, 6) is -0.166. The van der Waals surface area contributed by atoms with E-state index in [0.29, 0.717) is 13.2 Å². The van der Waals surface area contributed by atoms with Gasteiger partial charge in [0.2, 0.25) is 5.91 Å². The number of nitrogens with two attached hydrogens (primary N) is 1. The van der Waals surface area contributed by atoms with Crippen molar-refractivity contribution in [2.75, 3.05) is 20.3 Å². The van der Waals surface area contributed by atoms with Gasteiger partial charge < -0.3 is 20.5 Å². The van der Waals surface area contributed by atoms with Crippen molar-refractivity contribution in [1.29, 1.82) is 0 Å². The molecule has 3 N–H and O–H groups in total. The van der Waals surface area contributed by atoms with E-state index in [4.69, 9.17) is 15.2 Å². The summed E-state index contributed by atoms with van der Waals surface area (Å²) in [4.78, 5) is 23.4. The number of methoxy groups -OCH3 is 1. The van der Waals surface area contributed by atoms with Crippen molar-refractivity contribution in [1.82, 2.24) is 5.32 Å². The van der Waals surface area contributed by atoms with Crippen molar-refractivity contribution in [3.8, 4) is 0 Å². The van der Waals surface area contributed by atoms with Crippen LogP contribution in [0.25, 0.3) is 0 Å². The van der Waals surface area contributed by atoms with Crippen LogP contribution in [-0.4, -0.2) is 44.3 Å². The molecule has 1 saturated carbocycles. The minimum Gasteiger partial charge on any atom is -0.466 e. The largest absolute Gasteiger partial charge is 0.466 e. The molecule has 1 rings (SSSR count). The van der Waals surface area contributed by atoms with E-state index in [1.165, 1.54) is 0 Å². The quantitative estimate of drug-likeness (QED) is 0.668. The highest BCUT2D eigenvalue weighted by atomic mass is 16.5. The summed E-state index contributed by atoms with van der Waals surface area (Å²) in [5.41, 5.74) is 5.49. The lowest BCUT2D eigenvalue weighted by Crippen LogP contribution is -2.41. The Kier molecular flexibility index (Phi) is 7.54. The number of amides is 1. The fourth-order valence-corrected chi connectivity index (χ4v) is 2.49. The maximum absolute atomic E-state index is 11.8. The molecule has 1 unspecified atom stereocenters. The van der Waals surface area contributed by atoms with E-state index < -0.39 is 0 Å². The average Bonchev–Trinajstić information content (AvgIpc) is 2.45. The van der Waals surface area contributed by atoms with Gasteiger partial charge in [-0.25, -0.2) is 0 Å². The van der Waals surface area contributed by atoms with E-state index >= 15 is 0 Å². The molecule has 1 aliphatic carbocycles. The first-order chi connectivity index (χ1) is 9.60. The van der Waals surface area contributed by atoms with Crippen molar-refractivity contribution in [3.63, 3.8) is 0 Å². The molecule has 1 aliphatic rings. The molecule has 1 atom stereocenters. The molecule has 116 valence electrons. The van der Waals surface area contributed by atoms with Crippen LogP contribution in [0.15, 0.2) is 0 Å². The van der Waals surface area contributed by atoms with Gasteiger partial charge in [-0.05, 0) is 32.6 Å². The van der Waals surface area contributed by atoms with Gasteiger partial charge in [0.25, 0.3) is 0 Å². The van der Waals surface area contributed by atoms with Gasteiger partial charge in [-0.2, -0.15) is 0 Å². The van der Waals surface area contributed by atoms with Crippen LogP contribution in [0.3, 0.4) is 0 Å². The Morgan fingerprint density at radius 3 is 2.45 bits per heavy atom. The molecule has 20 heavy (non-hydrogen) atoms. The number of hydrogen-bond donors (Lipinski definition) is 2. The molecule has 0 radical (unpaired) electrons. The fraction of sp³-hybridized carbons (Fsp3) is 0.857. The number of hydrogen-bond acceptors (Lipinski definition) is 5. The average molecular weight is 286 g/mol. The molecule has 0 aliphatic heterocycles. The number of carbonyl (C=O) groups is 2. The summed E-state index contributed by atoms with van der Waals surface area (Å²) in [6, 6.07) is 0.142. The third-order valence-corrected chi connectivity index (χ3v) is 3.72. The first-order valence-corrected chi connectivity index (χ1v) is 7.29. The van der Waals surface area contributed by atoms with Crippen molar-refractivity contribution in [2.45, 2.75) is 51.2 Å². The van der Waals surface area contributed by atoms with E-state index in [2.05, 4.69) is 5.32 Å². The maximum atomic E-state index is 11.8. The highest BCUT2D eigenvalue weighted by molar-refractivity contribution is 5.77. The number of ether oxygens (including phenoxy) is 2. The Balaban J connectivity index is 2.28. The van der Waals surface area contributed by atoms with Gasteiger partial charge in [-0.1, -0.05) is 0 Å². The van der Waals surface area contributed by atoms with Gasteiger partial charge >= 0.3 is 5.97 Å². The molecule has 1 fully saturated rings. The summed E-state index contributed by atoms with van der Waals surface area (Å²) >= 11 is 0. The summed E-state index contributed by atoms with van der Waals surface area (Å²) in [7, 11) is 1.55. The normalized spacial score (nSPS) is 23.9. The molecule has 0 bridgehead atoms. The molecule has 1 amide bonds. The Morgan fingerprint density at radius 1 is 1.30 bits per heavy atom. The van der Waals surface area contributed by atoms with Crippen molar-refractivity contribution in [2.24, 2.45) is 11.7 Å².